The van der Waals surface area contributed by atoms with Gasteiger partial charge in [-0.3, -0.25) is 9.89 Å². The van der Waals surface area contributed by atoms with Crippen LogP contribution in [0.3, 0.4) is 0 Å². The maximum absolute atomic E-state index is 12.3. The first kappa shape index (κ1) is 11.1. The molecule has 1 atom stereocenters. The predicted molar refractivity (Wildman–Crippen MR) is 63.1 cm³/mol. The second-order valence-corrected chi connectivity index (χ2v) is 4.69. The number of nitrogens with zero attached hydrogens (tertiary/aromatic N) is 3. The number of nitrogens with one attached hydrogen (secondary N) is 2. The van der Waals surface area contributed by atoms with E-state index in [0.29, 0.717) is 31.7 Å². The summed E-state index contributed by atoms with van der Waals surface area (Å²) in [5.41, 5.74) is 1.39. The molecule has 2 N–H and O–H groups in total. The van der Waals surface area contributed by atoms with Crippen LogP contribution in [0.4, 0.5) is 4.79 Å². The van der Waals surface area contributed by atoms with Crippen molar-refractivity contribution in [3.05, 3.63) is 17.5 Å². The van der Waals surface area contributed by atoms with E-state index in [1.54, 1.807) is 16.0 Å². The van der Waals surface area contributed by atoms with Crippen LogP contribution in [0, 0.1) is 6.92 Å². The molecule has 0 saturated carbocycles. The third-order valence-electron chi connectivity index (χ3n) is 3.58. The molecule has 2 fully saturated rings. The molecular formula is C11H15N5O2. The number of hydrogen-bond acceptors (Lipinski definition) is 3. The molecule has 1 aromatic rings. The number of aromatic nitrogens is 2. The van der Waals surface area contributed by atoms with Crippen LogP contribution < -0.4 is 5.32 Å². The third kappa shape index (κ3) is 1.62. The first-order valence-corrected chi connectivity index (χ1v) is 6.00. The number of rotatable bonds is 1. The lowest BCUT2D eigenvalue weighted by Crippen LogP contribution is -2.53. The van der Waals surface area contributed by atoms with Crippen LogP contribution in [0.5, 0.6) is 0 Å². The van der Waals surface area contributed by atoms with Gasteiger partial charge in [-0.2, -0.15) is 5.10 Å². The Morgan fingerprint density at radius 1 is 1.50 bits per heavy atom. The molecule has 0 radical (unpaired) electrons. The lowest BCUT2D eigenvalue weighted by atomic mass is 10.1. The summed E-state index contributed by atoms with van der Waals surface area (Å²) in [6.07, 6.45) is 1.56. The van der Waals surface area contributed by atoms with E-state index in [-0.39, 0.29) is 18.0 Å². The fourth-order valence-corrected chi connectivity index (χ4v) is 2.53. The van der Waals surface area contributed by atoms with Gasteiger partial charge >= 0.3 is 6.03 Å². The summed E-state index contributed by atoms with van der Waals surface area (Å²) in [5, 5.41) is 9.43. The Balaban J connectivity index is 1.74. The first-order chi connectivity index (χ1) is 8.66. The topological polar surface area (TPSA) is 81.3 Å². The quantitative estimate of drug-likeness (QED) is 0.708. The van der Waals surface area contributed by atoms with Crippen molar-refractivity contribution in [1.29, 1.82) is 0 Å². The number of fused-ring (bicyclic) bond motifs is 1. The molecule has 0 aliphatic carbocycles. The normalized spacial score (nSPS) is 22.9. The molecule has 3 amide bonds. The fraction of sp³-hybridized carbons (Fsp3) is 0.545. The molecule has 18 heavy (non-hydrogen) atoms. The third-order valence-corrected chi connectivity index (χ3v) is 3.58. The lowest BCUT2D eigenvalue weighted by molar-refractivity contribution is 0.0616. The minimum absolute atomic E-state index is 0.0137. The summed E-state index contributed by atoms with van der Waals surface area (Å²) in [7, 11) is 0. The van der Waals surface area contributed by atoms with Crippen molar-refractivity contribution in [3.63, 3.8) is 0 Å². The molecule has 1 unspecified atom stereocenters. The second-order valence-electron chi connectivity index (χ2n) is 4.69. The van der Waals surface area contributed by atoms with Crippen LogP contribution in [0.25, 0.3) is 0 Å². The van der Waals surface area contributed by atoms with Crippen molar-refractivity contribution in [2.75, 3.05) is 26.2 Å². The van der Waals surface area contributed by atoms with E-state index < -0.39 is 0 Å². The minimum Gasteiger partial charge on any atom is -0.336 e. The summed E-state index contributed by atoms with van der Waals surface area (Å²) in [6, 6.07) is 0.0778. The molecule has 96 valence electrons. The van der Waals surface area contributed by atoms with Crippen LogP contribution in [0.2, 0.25) is 0 Å². The molecule has 7 nitrogen and oxygen atoms in total. The Kier molecular flexibility index (Phi) is 2.46. The van der Waals surface area contributed by atoms with E-state index in [4.69, 9.17) is 0 Å². The molecule has 3 heterocycles. The highest BCUT2D eigenvalue weighted by Crippen LogP contribution is 2.17. The van der Waals surface area contributed by atoms with E-state index >= 15 is 0 Å². The van der Waals surface area contributed by atoms with Gasteiger partial charge in [0.15, 0.2) is 0 Å². The molecule has 0 spiro atoms. The summed E-state index contributed by atoms with van der Waals surface area (Å²) in [4.78, 5) is 27.3. The average Bonchev–Trinajstić information content (AvgIpc) is 2.95. The first-order valence-electron chi connectivity index (χ1n) is 6.00. The van der Waals surface area contributed by atoms with Crippen molar-refractivity contribution < 1.29 is 9.59 Å². The van der Waals surface area contributed by atoms with Gasteiger partial charge in [0.1, 0.15) is 0 Å². The molecule has 2 aliphatic heterocycles. The van der Waals surface area contributed by atoms with Crippen molar-refractivity contribution in [3.8, 4) is 0 Å². The number of piperazine rings is 1. The van der Waals surface area contributed by atoms with Gasteiger partial charge in [-0.15, -0.1) is 0 Å². The van der Waals surface area contributed by atoms with Gasteiger partial charge in [-0.1, -0.05) is 0 Å². The zero-order valence-electron chi connectivity index (χ0n) is 10.1. The highest BCUT2D eigenvalue weighted by atomic mass is 16.2. The van der Waals surface area contributed by atoms with Gasteiger partial charge in [0.25, 0.3) is 5.91 Å². The van der Waals surface area contributed by atoms with Gasteiger partial charge in [-0.25, -0.2) is 4.79 Å². The summed E-state index contributed by atoms with van der Waals surface area (Å²) in [5.74, 6) is -0.0137. The van der Waals surface area contributed by atoms with Crippen LogP contribution >= 0.6 is 0 Å². The molecule has 7 heteroatoms. The number of H-pyrrole nitrogens is 1. The van der Waals surface area contributed by atoms with Gasteiger partial charge in [-0.05, 0) is 6.92 Å². The van der Waals surface area contributed by atoms with E-state index in [1.165, 1.54) is 0 Å². The van der Waals surface area contributed by atoms with Crippen LogP contribution in [0.1, 0.15) is 16.1 Å². The van der Waals surface area contributed by atoms with Gasteiger partial charge in [0.2, 0.25) is 0 Å². The molecular weight excluding hydrogens is 234 g/mol. The SMILES string of the molecule is Cc1[nH]ncc1C(=O)N1CCN2C(=O)NCC2C1. The smallest absolute Gasteiger partial charge is 0.317 e. The largest absolute Gasteiger partial charge is 0.336 e. The maximum atomic E-state index is 12.3. The number of amides is 3. The van der Waals surface area contributed by atoms with Gasteiger partial charge < -0.3 is 15.1 Å². The summed E-state index contributed by atoms with van der Waals surface area (Å²) in [6.45, 7) is 4.21. The van der Waals surface area contributed by atoms with Crippen molar-refractivity contribution in [2.45, 2.75) is 13.0 Å². The monoisotopic (exact) mass is 249 g/mol. The van der Waals surface area contributed by atoms with Crippen molar-refractivity contribution >= 4 is 11.9 Å². The van der Waals surface area contributed by atoms with Crippen molar-refractivity contribution in [1.82, 2.24) is 25.3 Å². The molecule has 1 aromatic heterocycles. The van der Waals surface area contributed by atoms with Crippen molar-refractivity contribution in [2.24, 2.45) is 0 Å². The Labute approximate surface area is 104 Å². The molecule has 0 aromatic carbocycles. The standard InChI is InChI=1S/C11H15N5O2/c1-7-9(5-13-14-7)10(17)15-2-3-16-8(6-15)4-12-11(16)18/h5,8H,2-4,6H2,1H3,(H,12,18)(H,13,14). The predicted octanol–water partition coefficient (Wildman–Crippen LogP) is -0.432. The van der Waals surface area contributed by atoms with E-state index in [0.717, 1.165) is 5.69 Å². The van der Waals surface area contributed by atoms with Crippen LogP contribution in [-0.4, -0.2) is 64.2 Å². The number of aromatic amines is 1. The van der Waals surface area contributed by atoms with Crippen LogP contribution in [0.15, 0.2) is 6.20 Å². The molecule has 2 saturated heterocycles. The Hall–Kier alpha value is -2.05. The Morgan fingerprint density at radius 2 is 2.33 bits per heavy atom. The van der Waals surface area contributed by atoms with E-state index in [1.807, 2.05) is 6.92 Å². The highest BCUT2D eigenvalue weighted by molar-refractivity contribution is 5.95. The molecule has 0 bridgehead atoms. The number of urea groups is 1. The number of carbonyl (C=O) groups is 2. The maximum Gasteiger partial charge on any atom is 0.317 e. The minimum atomic E-state index is -0.0217. The second kappa shape index (κ2) is 4.01. The Morgan fingerprint density at radius 3 is 3.06 bits per heavy atom. The number of hydrogen-bond donors (Lipinski definition) is 2. The highest BCUT2D eigenvalue weighted by Gasteiger charge is 2.37. The van der Waals surface area contributed by atoms with E-state index in [2.05, 4.69) is 15.5 Å². The zero-order valence-corrected chi connectivity index (χ0v) is 10.1. The molecule has 3 rings (SSSR count). The zero-order chi connectivity index (χ0) is 12.7. The molecule has 2 aliphatic rings. The van der Waals surface area contributed by atoms with Crippen LogP contribution in [-0.2, 0) is 0 Å². The number of aryl methyl sites for hydroxylation is 1. The number of carbonyl (C=O) groups excluding carboxylic acids is 2. The fourth-order valence-electron chi connectivity index (χ4n) is 2.53. The summed E-state index contributed by atoms with van der Waals surface area (Å²) < 4.78 is 0. The summed E-state index contributed by atoms with van der Waals surface area (Å²) >= 11 is 0. The average molecular weight is 249 g/mol. The van der Waals surface area contributed by atoms with Gasteiger partial charge in [0.05, 0.1) is 17.8 Å². The van der Waals surface area contributed by atoms with Gasteiger partial charge in [0, 0.05) is 31.9 Å². The Bertz CT molecular complexity index is 497. The lowest BCUT2D eigenvalue weighted by Gasteiger charge is -2.36. The van der Waals surface area contributed by atoms with E-state index in [9.17, 15) is 9.59 Å².